The summed E-state index contributed by atoms with van der Waals surface area (Å²) < 4.78 is 23.0. The van der Waals surface area contributed by atoms with E-state index in [2.05, 4.69) is 0 Å². The van der Waals surface area contributed by atoms with Gasteiger partial charge in [-0.3, -0.25) is 0 Å². The van der Waals surface area contributed by atoms with E-state index in [1.165, 1.54) is 0 Å². The Kier molecular flexibility index (Phi) is 5.85. The molecule has 2 unspecified atom stereocenters. The molecule has 0 aliphatic rings. The van der Waals surface area contributed by atoms with Crippen LogP contribution in [0.25, 0.3) is 0 Å². The average molecular weight is 255 g/mol. The van der Waals surface area contributed by atoms with Gasteiger partial charge in [-0.05, 0) is 20.3 Å². The zero-order chi connectivity index (χ0) is 13.0. The van der Waals surface area contributed by atoms with Crippen LogP contribution in [-0.4, -0.2) is 59.6 Å². The quantitative estimate of drug-likeness (QED) is 0.428. The minimum atomic E-state index is -3.47. The van der Waals surface area contributed by atoms with Crippen LogP contribution in [0, 0.1) is 0 Å². The Labute approximate surface area is 96.0 Å². The zero-order valence-corrected chi connectivity index (χ0v) is 10.4. The Morgan fingerprint density at radius 1 is 1.25 bits per heavy atom. The van der Waals surface area contributed by atoms with E-state index >= 15 is 0 Å². The van der Waals surface area contributed by atoms with Crippen LogP contribution in [0.5, 0.6) is 0 Å². The van der Waals surface area contributed by atoms with E-state index in [0.29, 0.717) is 0 Å². The highest BCUT2D eigenvalue weighted by molar-refractivity contribution is 7.91. The first-order valence-corrected chi connectivity index (χ1v) is 6.86. The first kappa shape index (κ1) is 15.8. The molecule has 0 aromatic heterocycles. The summed E-state index contributed by atoms with van der Waals surface area (Å²) >= 11 is 0. The van der Waals surface area contributed by atoms with Gasteiger partial charge in [-0.15, -0.1) is 0 Å². The summed E-state index contributed by atoms with van der Waals surface area (Å²) in [6.07, 6.45) is -2.62. The molecule has 0 heterocycles. The Morgan fingerprint density at radius 2 is 1.75 bits per heavy atom. The second kappa shape index (κ2) is 5.92. The molecule has 16 heavy (non-hydrogen) atoms. The lowest BCUT2D eigenvalue weighted by Gasteiger charge is -2.20. The number of nitrogens with two attached hydrogens (primary N) is 1. The van der Waals surface area contributed by atoms with Gasteiger partial charge in [0.25, 0.3) is 0 Å². The lowest BCUT2D eigenvalue weighted by molar-refractivity contribution is -0.00265. The molecule has 0 amide bonds. The summed E-state index contributed by atoms with van der Waals surface area (Å²) in [7, 11) is -3.47. The molecule has 0 fully saturated rings. The minimum Gasteiger partial charge on any atom is -0.394 e. The number of aliphatic hydroxyl groups is 3. The highest BCUT2D eigenvalue weighted by Gasteiger charge is 2.24. The molecule has 0 spiro atoms. The Balaban J connectivity index is 4.26. The van der Waals surface area contributed by atoms with Gasteiger partial charge in [0.2, 0.25) is 0 Å². The van der Waals surface area contributed by atoms with Crippen LogP contribution in [0.15, 0.2) is 0 Å². The number of hydrogen-bond donors (Lipinski definition) is 4. The molecule has 0 bridgehead atoms. The molecule has 0 aromatic rings. The summed E-state index contributed by atoms with van der Waals surface area (Å²) in [6, 6.07) is 0. The molecule has 98 valence electrons. The lowest BCUT2D eigenvalue weighted by Crippen LogP contribution is -2.38. The largest absolute Gasteiger partial charge is 0.394 e. The predicted octanol–water partition coefficient (Wildman–Crippen LogP) is -1.76. The van der Waals surface area contributed by atoms with Crippen LogP contribution in [0.1, 0.15) is 20.3 Å². The van der Waals surface area contributed by atoms with Gasteiger partial charge in [-0.1, -0.05) is 0 Å². The molecule has 2 atom stereocenters. The van der Waals surface area contributed by atoms with Gasteiger partial charge >= 0.3 is 0 Å². The Hall–Kier alpha value is -0.210. The van der Waals surface area contributed by atoms with Crippen molar-refractivity contribution in [1.29, 1.82) is 0 Å². The van der Waals surface area contributed by atoms with Gasteiger partial charge in [0.1, 0.15) is 6.10 Å². The van der Waals surface area contributed by atoms with Gasteiger partial charge in [0, 0.05) is 5.54 Å². The maximum absolute atomic E-state index is 11.5. The Bertz CT molecular complexity index is 296. The molecule has 0 aliphatic heterocycles. The average Bonchev–Trinajstić information content (AvgIpc) is 2.12. The van der Waals surface area contributed by atoms with Crippen molar-refractivity contribution in [2.75, 3.05) is 18.1 Å². The maximum atomic E-state index is 11.5. The highest BCUT2D eigenvalue weighted by Crippen LogP contribution is 2.08. The van der Waals surface area contributed by atoms with E-state index in [-0.39, 0.29) is 12.2 Å². The normalized spacial score (nSPS) is 17.1. The first-order chi connectivity index (χ1) is 7.07. The SMILES string of the molecule is CC(C)(N)CCS(=O)(=O)CC(O)C(O)CO. The van der Waals surface area contributed by atoms with Crippen molar-refractivity contribution in [2.45, 2.75) is 38.0 Å². The Morgan fingerprint density at radius 3 is 2.12 bits per heavy atom. The van der Waals surface area contributed by atoms with Crippen molar-refractivity contribution >= 4 is 9.84 Å². The number of hydrogen-bond acceptors (Lipinski definition) is 6. The van der Waals surface area contributed by atoms with Gasteiger partial charge in [-0.25, -0.2) is 8.42 Å². The highest BCUT2D eigenvalue weighted by atomic mass is 32.2. The lowest BCUT2D eigenvalue weighted by atomic mass is 10.0. The number of aliphatic hydroxyl groups excluding tert-OH is 3. The van der Waals surface area contributed by atoms with Crippen molar-refractivity contribution in [3.8, 4) is 0 Å². The van der Waals surface area contributed by atoms with E-state index < -0.39 is 39.9 Å². The van der Waals surface area contributed by atoms with Gasteiger partial charge in [-0.2, -0.15) is 0 Å². The molecule has 0 aromatic carbocycles. The van der Waals surface area contributed by atoms with Crippen LogP contribution >= 0.6 is 0 Å². The summed E-state index contributed by atoms with van der Waals surface area (Å²) in [4.78, 5) is 0. The van der Waals surface area contributed by atoms with Crippen molar-refractivity contribution in [3.05, 3.63) is 0 Å². The van der Waals surface area contributed by atoms with E-state index in [1.54, 1.807) is 13.8 Å². The van der Waals surface area contributed by atoms with Crippen LogP contribution in [0.2, 0.25) is 0 Å². The topological polar surface area (TPSA) is 121 Å². The van der Waals surface area contributed by atoms with Crippen LogP contribution < -0.4 is 5.73 Å². The van der Waals surface area contributed by atoms with Crippen LogP contribution in [0.4, 0.5) is 0 Å². The molecule has 6 nitrogen and oxygen atoms in total. The van der Waals surface area contributed by atoms with Gasteiger partial charge < -0.3 is 21.1 Å². The molecule has 0 rings (SSSR count). The summed E-state index contributed by atoms with van der Waals surface area (Å²) in [5.41, 5.74) is 5.05. The van der Waals surface area contributed by atoms with Crippen molar-refractivity contribution in [3.63, 3.8) is 0 Å². The first-order valence-electron chi connectivity index (χ1n) is 5.04. The third-order valence-electron chi connectivity index (χ3n) is 2.11. The second-order valence-corrected chi connectivity index (χ2v) is 6.90. The molecular weight excluding hydrogens is 234 g/mol. The van der Waals surface area contributed by atoms with Crippen molar-refractivity contribution < 1.29 is 23.7 Å². The fraction of sp³-hybridized carbons (Fsp3) is 1.00. The summed E-state index contributed by atoms with van der Waals surface area (Å²) in [5, 5.41) is 26.8. The molecular formula is C9H21NO5S. The zero-order valence-electron chi connectivity index (χ0n) is 9.63. The van der Waals surface area contributed by atoms with Crippen LogP contribution in [0.3, 0.4) is 0 Å². The molecule has 0 saturated heterocycles. The van der Waals surface area contributed by atoms with E-state index in [0.717, 1.165) is 0 Å². The van der Waals surface area contributed by atoms with E-state index in [9.17, 15) is 13.5 Å². The predicted molar refractivity (Wildman–Crippen MR) is 60.6 cm³/mol. The van der Waals surface area contributed by atoms with Gasteiger partial charge in [0.05, 0.1) is 24.2 Å². The minimum absolute atomic E-state index is 0.147. The fourth-order valence-electron chi connectivity index (χ4n) is 0.995. The van der Waals surface area contributed by atoms with Crippen LogP contribution in [-0.2, 0) is 9.84 Å². The third kappa shape index (κ3) is 7.13. The molecule has 5 N–H and O–H groups in total. The standard InChI is InChI=1S/C9H21NO5S/c1-9(2,10)3-4-16(14,15)6-8(13)7(12)5-11/h7-8,11-13H,3-6,10H2,1-2H3. The second-order valence-electron chi connectivity index (χ2n) is 4.67. The molecule has 0 aliphatic carbocycles. The molecule has 7 heteroatoms. The smallest absolute Gasteiger partial charge is 0.153 e. The number of rotatable bonds is 7. The molecule has 0 radical (unpaired) electrons. The van der Waals surface area contributed by atoms with E-state index in [1.807, 2.05) is 0 Å². The third-order valence-corrected chi connectivity index (χ3v) is 3.79. The fourth-order valence-corrected chi connectivity index (χ4v) is 2.74. The monoisotopic (exact) mass is 255 g/mol. The summed E-state index contributed by atoms with van der Waals surface area (Å²) in [5.74, 6) is -0.712. The van der Waals surface area contributed by atoms with Gasteiger partial charge in [0.15, 0.2) is 9.84 Å². The van der Waals surface area contributed by atoms with Crippen molar-refractivity contribution in [1.82, 2.24) is 0 Å². The van der Waals surface area contributed by atoms with E-state index in [4.69, 9.17) is 15.9 Å². The number of sulfone groups is 1. The maximum Gasteiger partial charge on any atom is 0.153 e. The summed E-state index contributed by atoms with van der Waals surface area (Å²) in [6.45, 7) is 2.75. The molecule has 0 saturated carbocycles. The van der Waals surface area contributed by atoms with Crippen molar-refractivity contribution in [2.24, 2.45) is 5.73 Å².